The summed E-state index contributed by atoms with van der Waals surface area (Å²) in [5, 5.41) is 12.1. The highest BCUT2D eigenvalue weighted by atomic mass is 35.5. The quantitative estimate of drug-likeness (QED) is 0.670. The highest BCUT2D eigenvalue weighted by Crippen LogP contribution is 2.39. The molecule has 2 aromatic carbocycles. The summed E-state index contributed by atoms with van der Waals surface area (Å²) >= 11 is 6.08. The summed E-state index contributed by atoms with van der Waals surface area (Å²) in [5.74, 6) is -0.668. The van der Waals surface area contributed by atoms with Crippen LogP contribution in [-0.4, -0.2) is 65.9 Å². The molecule has 4 rings (SSSR count). The van der Waals surface area contributed by atoms with Gasteiger partial charge in [-0.25, -0.2) is 0 Å². The third kappa shape index (κ3) is 4.63. The van der Waals surface area contributed by atoms with Crippen LogP contribution in [0.1, 0.15) is 42.6 Å². The van der Waals surface area contributed by atoms with Crippen molar-refractivity contribution in [2.24, 2.45) is 5.92 Å². The molecule has 0 aliphatic carbocycles. The van der Waals surface area contributed by atoms with Crippen molar-refractivity contribution in [3.63, 3.8) is 0 Å². The first-order valence-corrected chi connectivity index (χ1v) is 12.4. The molecule has 2 aliphatic heterocycles. The fourth-order valence-corrected chi connectivity index (χ4v) is 5.30. The molecule has 2 heterocycles. The van der Waals surface area contributed by atoms with E-state index in [4.69, 9.17) is 16.9 Å². The van der Waals surface area contributed by atoms with Gasteiger partial charge in [0, 0.05) is 31.4 Å². The molecule has 1 atom stereocenters. The van der Waals surface area contributed by atoms with Crippen molar-refractivity contribution in [1.82, 2.24) is 15.1 Å². The van der Waals surface area contributed by atoms with Crippen molar-refractivity contribution in [2.75, 3.05) is 31.7 Å². The minimum atomic E-state index is -0.729. The Bertz CT molecular complexity index is 1200. The zero-order valence-corrected chi connectivity index (χ0v) is 21.5. The summed E-state index contributed by atoms with van der Waals surface area (Å²) in [6.45, 7) is 5.11. The molecule has 0 bridgehead atoms. The minimum absolute atomic E-state index is 0.0739. The summed E-state index contributed by atoms with van der Waals surface area (Å²) < 4.78 is 0. The topological polar surface area (TPSA) is 96.8 Å². The third-order valence-corrected chi connectivity index (χ3v) is 7.47. The van der Waals surface area contributed by atoms with Crippen molar-refractivity contribution < 1.29 is 14.4 Å². The van der Waals surface area contributed by atoms with Gasteiger partial charge >= 0.3 is 0 Å². The number of hydrogen-bond donors (Lipinski definition) is 1. The summed E-state index contributed by atoms with van der Waals surface area (Å²) in [4.78, 5) is 45.3. The standard InChI is InChI=1S/C27H30ClN5O3/c1-18(2)23(30-24(34)19-9-10-20(16-29)22(28)15-19)25(35)32-13-11-27(12-14-32)26(36)31(3)17-33(27)21-7-5-4-6-8-21/h4-10,15,18,23H,11-14,17H2,1-3H3,(H,30,34). The zero-order chi connectivity index (χ0) is 26.0. The Morgan fingerprint density at radius 3 is 2.36 bits per heavy atom. The molecular weight excluding hydrogens is 478 g/mol. The number of carbonyl (C=O) groups excluding carboxylic acids is 3. The van der Waals surface area contributed by atoms with Crippen molar-refractivity contribution in [3.8, 4) is 6.07 Å². The van der Waals surface area contributed by atoms with E-state index >= 15 is 0 Å². The van der Waals surface area contributed by atoms with E-state index in [0.717, 1.165) is 5.69 Å². The number of halogens is 1. The van der Waals surface area contributed by atoms with Gasteiger partial charge in [-0.1, -0.05) is 43.6 Å². The number of nitriles is 1. The lowest BCUT2D eigenvalue weighted by molar-refractivity contribution is -0.139. The number of nitrogens with one attached hydrogen (secondary N) is 1. The molecule has 188 valence electrons. The van der Waals surface area contributed by atoms with Gasteiger partial charge in [0.1, 0.15) is 17.6 Å². The SMILES string of the molecule is CC(C)C(NC(=O)c1ccc(C#N)c(Cl)c1)C(=O)N1CCC2(CC1)C(=O)N(C)CN2c1ccccc1. The molecule has 2 aromatic rings. The Morgan fingerprint density at radius 2 is 1.78 bits per heavy atom. The molecule has 1 spiro atoms. The molecule has 2 fully saturated rings. The van der Waals surface area contributed by atoms with E-state index in [1.807, 2.05) is 57.3 Å². The highest BCUT2D eigenvalue weighted by Gasteiger charge is 2.53. The molecule has 0 saturated carbocycles. The second-order valence-electron chi connectivity index (χ2n) is 9.77. The van der Waals surface area contributed by atoms with Crippen LogP contribution in [0, 0.1) is 17.2 Å². The molecule has 3 amide bonds. The maximum absolute atomic E-state index is 13.5. The van der Waals surface area contributed by atoms with E-state index in [2.05, 4.69) is 10.2 Å². The van der Waals surface area contributed by atoms with Crippen molar-refractivity contribution in [3.05, 3.63) is 64.7 Å². The Kier molecular flexibility index (Phi) is 7.23. The van der Waals surface area contributed by atoms with Crippen molar-refractivity contribution in [1.29, 1.82) is 5.26 Å². The number of para-hydroxylation sites is 1. The Balaban J connectivity index is 1.48. The average molecular weight is 508 g/mol. The summed E-state index contributed by atoms with van der Waals surface area (Å²) in [6, 6.07) is 15.6. The first kappa shape index (κ1) is 25.5. The molecule has 1 unspecified atom stereocenters. The average Bonchev–Trinajstić information content (AvgIpc) is 3.12. The summed E-state index contributed by atoms with van der Waals surface area (Å²) in [7, 11) is 1.81. The maximum atomic E-state index is 13.5. The lowest BCUT2D eigenvalue weighted by atomic mass is 9.85. The Hall–Kier alpha value is -3.57. The number of hydrogen-bond acceptors (Lipinski definition) is 5. The van der Waals surface area contributed by atoms with Crippen LogP contribution < -0.4 is 10.2 Å². The van der Waals surface area contributed by atoms with Gasteiger partial charge in [-0.15, -0.1) is 0 Å². The number of likely N-dealkylation sites (N-methyl/N-ethyl adjacent to an activating group) is 1. The van der Waals surface area contributed by atoms with Crippen LogP contribution >= 0.6 is 11.6 Å². The van der Waals surface area contributed by atoms with Crippen LogP contribution in [0.2, 0.25) is 5.02 Å². The normalized spacial score (nSPS) is 17.9. The number of anilines is 1. The van der Waals surface area contributed by atoms with E-state index in [9.17, 15) is 14.4 Å². The van der Waals surface area contributed by atoms with Crippen LogP contribution in [0.3, 0.4) is 0 Å². The fourth-order valence-electron chi connectivity index (χ4n) is 5.08. The van der Waals surface area contributed by atoms with E-state index in [0.29, 0.717) is 32.6 Å². The smallest absolute Gasteiger partial charge is 0.251 e. The van der Waals surface area contributed by atoms with Gasteiger partial charge in [0.15, 0.2) is 0 Å². The van der Waals surface area contributed by atoms with Gasteiger partial charge in [-0.3, -0.25) is 14.4 Å². The molecule has 2 aliphatic rings. The summed E-state index contributed by atoms with van der Waals surface area (Å²) in [6.07, 6.45) is 1.03. The van der Waals surface area contributed by atoms with Crippen LogP contribution in [0.15, 0.2) is 48.5 Å². The molecule has 36 heavy (non-hydrogen) atoms. The molecular formula is C27H30ClN5O3. The fraction of sp³-hybridized carbons (Fsp3) is 0.407. The Morgan fingerprint density at radius 1 is 1.11 bits per heavy atom. The number of rotatable bonds is 5. The number of amides is 3. The van der Waals surface area contributed by atoms with Gasteiger partial charge in [0.2, 0.25) is 11.8 Å². The molecule has 0 radical (unpaired) electrons. The first-order valence-electron chi connectivity index (χ1n) is 12.1. The predicted octanol–water partition coefficient (Wildman–Crippen LogP) is 3.26. The van der Waals surface area contributed by atoms with Crippen LogP contribution in [0.4, 0.5) is 5.69 Å². The number of carbonyl (C=O) groups is 3. The number of benzene rings is 2. The third-order valence-electron chi connectivity index (χ3n) is 7.16. The molecule has 8 nitrogen and oxygen atoms in total. The molecule has 9 heteroatoms. The predicted molar refractivity (Wildman–Crippen MR) is 137 cm³/mol. The number of likely N-dealkylation sites (tertiary alicyclic amines) is 1. The lowest BCUT2D eigenvalue weighted by Gasteiger charge is -2.44. The van der Waals surface area contributed by atoms with E-state index < -0.39 is 17.5 Å². The summed E-state index contributed by atoms with van der Waals surface area (Å²) in [5.41, 5.74) is 0.878. The van der Waals surface area contributed by atoms with E-state index in [-0.39, 0.29) is 33.9 Å². The zero-order valence-electron chi connectivity index (χ0n) is 20.7. The lowest BCUT2D eigenvalue weighted by Crippen LogP contribution is -2.60. The van der Waals surface area contributed by atoms with Crippen molar-refractivity contribution >= 4 is 35.0 Å². The number of nitrogens with zero attached hydrogens (tertiary/aromatic N) is 4. The maximum Gasteiger partial charge on any atom is 0.251 e. The number of piperidine rings is 1. The minimum Gasteiger partial charge on any atom is -0.341 e. The first-order chi connectivity index (χ1) is 17.2. The molecule has 2 saturated heterocycles. The van der Waals surface area contributed by atoms with Crippen LogP contribution in [0.25, 0.3) is 0 Å². The van der Waals surface area contributed by atoms with E-state index in [1.165, 1.54) is 18.2 Å². The van der Waals surface area contributed by atoms with Gasteiger partial charge in [0.05, 0.1) is 17.3 Å². The second-order valence-corrected chi connectivity index (χ2v) is 10.2. The van der Waals surface area contributed by atoms with Crippen molar-refractivity contribution in [2.45, 2.75) is 38.3 Å². The van der Waals surface area contributed by atoms with Gasteiger partial charge in [-0.2, -0.15) is 5.26 Å². The van der Waals surface area contributed by atoms with E-state index in [1.54, 1.807) is 9.80 Å². The molecule has 1 N–H and O–H groups in total. The van der Waals surface area contributed by atoms with Gasteiger partial charge in [0.25, 0.3) is 5.91 Å². The highest BCUT2D eigenvalue weighted by molar-refractivity contribution is 6.32. The molecule has 0 aromatic heterocycles. The van der Waals surface area contributed by atoms with Crippen LogP contribution in [-0.2, 0) is 9.59 Å². The van der Waals surface area contributed by atoms with Crippen LogP contribution in [0.5, 0.6) is 0 Å². The largest absolute Gasteiger partial charge is 0.341 e. The van der Waals surface area contributed by atoms with Gasteiger partial charge in [-0.05, 0) is 49.1 Å². The monoisotopic (exact) mass is 507 g/mol. The Labute approximate surface area is 216 Å². The second kappa shape index (κ2) is 10.2. The van der Waals surface area contributed by atoms with Gasteiger partial charge < -0.3 is 20.0 Å².